The quantitative estimate of drug-likeness (QED) is 0.767. The summed E-state index contributed by atoms with van der Waals surface area (Å²) in [6.45, 7) is 1.54. The zero-order valence-electron chi connectivity index (χ0n) is 8.49. The van der Waals surface area contributed by atoms with Crippen LogP contribution in [0.25, 0.3) is 11.0 Å². The number of aromatic nitrogens is 2. The van der Waals surface area contributed by atoms with E-state index >= 15 is 0 Å². The number of aromatic amines is 1. The highest BCUT2D eigenvalue weighted by atomic mass is 35.5. The second kappa shape index (κ2) is 4.02. The van der Waals surface area contributed by atoms with Crippen molar-refractivity contribution in [3.05, 3.63) is 23.2 Å². The molecular weight excluding hydrogens is 230 g/mol. The Morgan fingerprint density at radius 2 is 2.38 bits per heavy atom. The van der Waals surface area contributed by atoms with E-state index in [-0.39, 0.29) is 0 Å². The predicted molar refractivity (Wildman–Crippen MR) is 61.8 cm³/mol. The van der Waals surface area contributed by atoms with E-state index in [1.165, 1.54) is 0 Å². The summed E-state index contributed by atoms with van der Waals surface area (Å²) >= 11 is 5.82. The number of carboxylic acids is 1. The number of H-pyrrole nitrogens is 1. The molecular formula is C10H10ClN3O2. The number of aliphatic carboxylic acids is 1. The molecule has 3 N–H and O–H groups in total. The van der Waals surface area contributed by atoms with Crippen molar-refractivity contribution in [3.8, 4) is 0 Å². The summed E-state index contributed by atoms with van der Waals surface area (Å²) in [5, 5.41) is 12.1. The molecule has 0 aliphatic carbocycles. The average molecular weight is 240 g/mol. The van der Waals surface area contributed by atoms with Crippen LogP contribution in [0.4, 0.5) is 5.95 Å². The Kier molecular flexibility index (Phi) is 2.70. The highest BCUT2D eigenvalue weighted by molar-refractivity contribution is 6.31. The number of anilines is 1. The number of nitrogens with one attached hydrogen (secondary N) is 2. The van der Waals surface area contributed by atoms with Crippen molar-refractivity contribution in [2.75, 3.05) is 5.32 Å². The number of imidazole rings is 1. The summed E-state index contributed by atoms with van der Waals surface area (Å²) in [6.07, 6.45) is 0. The molecule has 2 rings (SSSR count). The van der Waals surface area contributed by atoms with Crippen molar-refractivity contribution in [2.24, 2.45) is 0 Å². The fourth-order valence-electron chi connectivity index (χ4n) is 1.32. The molecule has 0 spiro atoms. The predicted octanol–water partition coefficient (Wildman–Crippen LogP) is 2.10. The molecule has 1 atom stereocenters. The Morgan fingerprint density at radius 3 is 3.06 bits per heavy atom. The lowest BCUT2D eigenvalue weighted by Gasteiger charge is -2.06. The molecule has 84 valence electrons. The molecule has 0 aliphatic rings. The molecule has 1 aromatic carbocycles. The number of fused-ring (bicyclic) bond motifs is 1. The zero-order chi connectivity index (χ0) is 11.7. The largest absolute Gasteiger partial charge is 0.480 e. The van der Waals surface area contributed by atoms with Gasteiger partial charge in [-0.2, -0.15) is 0 Å². The Hall–Kier alpha value is -1.75. The first-order chi connectivity index (χ1) is 7.56. The summed E-state index contributed by atoms with van der Waals surface area (Å²) in [5.74, 6) is -0.509. The molecule has 0 bridgehead atoms. The third-order valence-electron chi connectivity index (χ3n) is 2.17. The maximum Gasteiger partial charge on any atom is 0.325 e. The summed E-state index contributed by atoms with van der Waals surface area (Å²) in [6, 6.07) is 4.54. The minimum absolute atomic E-state index is 0.423. The van der Waals surface area contributed by atoms with Gasteiger partial charge in [-0.15, -0.1) is 0 Å². The number of nitrogens with zero attached hydrogens (tertiary/aromatic N) is 1. The first-order valence-electron chi connectivity index (χ1n) is 4.71. The monoisotopic (exact) mass is 239 g/mol. The van der Waals surface area contributed by atoms with E-state index in [9.17, 15) is 4.79 Å². The molecule has 0 aliphatic heterocycles. The topological polar surface area (TPSA) is 78.0 Å². The Balaban J connectivity index is 2.29. The third kappa shape index (κ3) is 2.09. The van der Waals surface area contributed by atoms with Gasteiger partial charge in [-0.3, -0.25) is 4.79 Å². The SMILES string of the molecule is CC(Nc1nc2ccc(Cl)cc2[nH]1)C(=O)O. The lowest BCUT2D eigenvalue weighted by atomic mass is 10.3. The van der Waals surface area contributed by atoms with Gasteiger partial charge in [0, 0.05) is 5.02 Å². The normalized spacial score (nSPS) is 12.6. The third-order valence-corrected chi connectivity index (χ3v) is 2.40. The molecule has 16 heavy (non-hydrogen) atoms. The van der Waals surface area contributed by atoms with Gasteiger partial charge in [0.25, 0.3) is 0 Å². The van der Waals surface area contributed by atoms with Crippen LogP contribution in [0.5, 0.6) is 0 Å². The van der Waals surface area contributed by atoms with E-state index in [0.29, 0.717) is 11.0 Å². The molecule has 6 heteroatoms. The van der Waals surface area contributed by atoms with Gasteiger partial charge in [0.05, 0.1) is 11.0 Å². The van der Waals surface area contributed by atoms with Gasteiger partial charge in [-0.1, -0.05) is 11.6 Å². The van der Waals surface area contributed by atoms with Crippen molar-refractivity contribution in [3.63, 3.8) is 0 Å². The van der Waals surface area contributed by atoms with Gasteiger partial charge in [0.1, 0.15) is 6.04 Å². The van der Waals surface area contributed by atoms with Crippen molar-refractivity contribution in [1.29, 1.82) is 0 Å². The fourth-order valence-corrected chi connectivity index (χ4v) is 1.49. The summed E-state index contributed by atoms with van der Waals surface area (Å²) < 4.78 is 0. The first kappa shape index (κ1) is 10.8. The Morgan fingerprint density at radius 1 is 1.62 bits per heavy atom. The molecule has 0 radical (unpaired) electrons. The highest BCUT2D eigenvalue weighted by Crippen LogP contribution is 2.19. The van der Waals surface area contributed by atoms with Gasteiger partial charge in [-0.25, -0.2) is 4.98 Å². The Labute approximate surface area is 96.4 Å². The van der Waals surface area contributed by atoms with E-state index in [1.807, 2.05) is 0 Å². The molecule has 0 saturated carbocycles. The lowest BCUT2D eigenvalue weighted by Crippen LogP contribution is -2.25. The number of rotatable bonds is 3. The number of halogens is 1. The van der Waals surface area contributed by atoms with Crippen LogP contribution in [0.2, 0.25) is 5.02 Å². The van der Waals surface area contributed by atoms with E-state index in [1.54, 1.807) is 25.1 Å². The van der Waals surface area contributed by atoms with Gasteiger partial charge in [0.2, 0.25) is 5.95 Å². The van der Waals surface area contributed by atoms with Crippen LogP contribution in [0.3, 0.4) is 0 Å². The Bertz CT molecular complexity index is 538. The average Bonchev–Trinajstić information content (AvgIpc) is 2.58. The maximum atomic E-state index is 10.6. The van der Waals surface area contributed by atoms with Crippen LogP contribution in [0.15, 0.2) is 18.2 Å². The molecule has 0 amide bonds. The first-order valence-corrected chi connectivity index (χ1v) is 5.08. The maximum absolute atomic E-state index is 10.6. The van der Waals surface area contributed by atoms with Crippen LogP contribution in [0, 0.1) is 0 Å². The molecule has 0 saturated heterocycles. The van der Waals surface area contributed by atoms with E-state index in [2.05, 4.69) is 15.3 Å². The van der Waals surface area contributed by atoms with Gasteiger partial charge in [-0.05, 0) is 25.1 Å². The van der Waals surface area contributed by atoms with Crippen molar-refractivity contribution in [1.82, 2.24) is 9.97 Å². The van der Waals surface area contributed by atoms with Crippen LogP contribution in [-0.4, -0.2) is 27.1 Å². The van der Waals surface area contributed by atoms with Crippen molar-refractivity contribution >= 4 is 34.6 Å². The second-order valence-electron chi connectivity index (χ2n) is 3.45. The van der Waals surface area contributed by atoms with E-state index in [0.717, 1.165) is 11.0 Å². The fraction of sp³-hybridized carbons (Fsp3) is 0.200. The molecule has 0 fully saturated rings. The van der Waals surface area contributed by atoms with Crippen LogP contribution in [0.1, 0.15) is 6.92 Å². The number of carboxylic acid groups (broad SMARTS) is 1. The zero-order valence-corrected chi connectivity index (χ0v) is 9.25. The smallest absolute Gasteiger partial charge is 0.325 e. The molecule has 5 nitrogen and oxygen atoms in total. The minimum atomic E-state index is -0.932. The summed E-state index contributed by atoms with van der Waals surface area (Å²) in [5.41, 5.74) is 1.51. The highest BCUT2D eigenvalue weighted by Gasteiger charge is 2.12. The molecule has 1 unspecified atom stereocenters. The molecule has 1 aromatic heterocycles. The standard InChI is InChI=1S/C10H10ClN3O2/c1-5(9(15)16)12-10-13-7-3-2-6(11)4-8(7)14-10/h2-5H,1H3,(H,15,16)(H2,12,13,14). The number of hydrogen-bond donors (Lipinski definition) is 3. The van der Waals surface area contributed by atoms with Crippen LogP contribution >= 0.6 is 11.6 Å². The van der Waals surface area contributed by atoms with Crippen molar-refractivity contribution < 1.29 is 9.90 Å². The van der Waals surface area contributed by atoms with E-state index in [4.69, 9.17) is 16.7 Å². The van der Waals surface area contributed by atoms with Gasteiger partial charge < -0.3 is 15.4 Å². The number of benzene rings is 1. The van der Waals surface area contributed by atoms with E-state index < -0.39 is 12.0 Å². The number of carbonyl (C=O) groups is 1. The lowest BCUT2D eigenvalue weighted by molar-refractivity contribution is -0.137. The minimum Gasteiger partial charge on any atom is -0.480 e. The van der Waals surface area contributed by atoms with Gasteiger partial charge >= 0.3 is 5.97 Å². The van der Waals surface area contributed by atoms with Crippen molar-refractivity contribution in [2.45, 2.75) is 13.0 Å². The van der Waals surface area contributed by atoms with Crippen LogP contribution < -0.4 is 5.32 Å². The number of hydrogen-bond acceptors (Lipinski definition) is 3. The molecule has 2 aromatic rings. The van der Waals surface area contributed by atoms with Gasteiger partial charge in [0.15, 0.2) is 0 Å². The van der Waals surface area contributed by atoms with Crippen LogP contribution in [-0.2, 0) is 4.79 Å². The summed E-state index contributed by atoms with van der Waals surface area (Å²) in [7, 11) is 0. The molecule has 1 heterocycles. The second-order valence-corrected chi connectivity index (χ2v) is 3.89. The summed E-state index contributed by atoms with van der Waals surface area (Å²) in [4.78, 5) is 17.8.